The summed E-state index contributed by atoms with van der Waals surface area (Å²) < 4.78 is 0. The highest BCUT2D eigenvalue weighted by Gasteiger charge is 2.22. The van der Waals surface area contributed by atoms with E-state index in [2.05, 4.69) is 24.1 Å². The van der Waals surface area contributed by atoms with Crippen LogP contribution >= 0.6 is 0 Å². The molecule has 5 heteroatoms. The van der Waals surface area contributed by atoms with Crippen molar-refractivity contribution < 1.29 is 4.92 Å². The number of non-ortho nitro benzene ring substituents is 1. The van der Waals surface area contributed by atoms with Crippen molar-refractivity contribution in [2.75, 3.05) is 13.1 Å². The first-order valence-corrected chi connectivity index (χ1v) is 6.68. The first kappa shape index (κ1) is 14.0. The number of benzene rings is 1. The van der Waals surface area contributed by atoms with E-state index in [-0.39, 0.29) is 10.6 Å². The van der Waals surface area contributed by atoms with Crippen molar-refractivity contribution >= 4 is 5.69 Å². The van der Waals surface area contributed by atoms with Gasteiger partial charge in [-0.2, -0.15) is 0 Å². The molecule has 1 N–H and O–H groups in total. The smallest absolute Gasteiger partial charge is 0.269 e. The van der Waals surface area contributed by atoms with E-state index in [0.29, 0.717) is 12.1 Å². The van der Waals surface area contributed by atoms with Gasteiger partial charge in [0, 0.05) is 43.9 Å². The summed E-state index contributed by atoms with van der Waals surface area (Å²) in [4.78, 5) is 12.8. The number of hydrogen-bond donors (Lipinski definition) is 1. The highest BCUT2D eigenvalue weighted by Crippen LogP contribution is 2.20. The minimum atomic E-state index is -0.341. The summed E-state index contributed by atoms with van der Waals surface area (Å²) in [7, 11) is 0. The number of piperazine rings is 1. The van der Waals surface area contributed by atoms with Crippen LogP contribution < -0.4 is 5.32 Å². The Morgan fingerprint density at radius 2 is 2.21 bits per heavy atom. The zero-order valence-electron chi connectivity index (χ0n) is 11.7. The summed E-state index contributed by atoms with van der Waals surface area (Å²) >= 11 is 0. The molecule has 0 aromatic heterocycles. The molecule has 1 fully saturated rings. The second-order valence-electron chi connectivity index (χ2n) is 5.46. The van der Waals surface area contributed by atoms with E-state index >= 15 is 0 Å². The highest BCUT2D eigenvalue weighted by atomic mass is 16.6. The second kappa shape index (κ2) is 5.67. The Balaban J connectivity index is 2.12. The summed E-state index contributed by atoms with van der Waals surface area (Å²) in [6.45, 7) is 9.20. The molecule has 2 rings (SSSR count). The molecule has 1 aliphatic heterocycles. The SMILES string of the molecule is Cc1cc([N+](=O)[O-])ccc1CN1CC(C)NCC1C. The van der Waals surface area contributed by atoms with Crippen molar-refractivity contribution in [3.05, 3.63) is 39.4 Å². The number of rotatable bonds is 3. The van der Waals surface area contributed by atoms with E-state index in [0.717, 1.165) is 25.2 Å². The van der Waals surface area contributed by atoms with Gasteiger partial charge in [-0.15, -0.1) is 0 Å². The van der Waals surface area contributed by atoms with Gasteiger partial charge in [0.25, 0.3) is 5.69 Å². The molecule has 1 aromatic carbocycles. The highest BCUT2D eigenvalue weighted by molar-refractivity contribution is 5.39. The van der Waals surface area contributed by atoms with Crippen molar-refractivity contribution in [3.63, 3.8) is 0 Å². The van der Waals surface area contributed by atoms with Crippen molar-refractivity contribution in [2.45, 2.75) is 39.4 Å². The molecule has 1 heterocycles. The Morgan fingerprint density at radius 3 is 2.84 bits per heavy atom. The van der Waals surface area contributed by atoms with Gasteiger partial charge in [-0.1, -0.05) is 6.07 Å². The molecule has 0 amide bonds. The quantitative estimate of drug-likeness (QED) is 0.670. The average molecular weight is 263 g/mol. The normalized spacial score (nSPS) is 24.4. The summed E-state index contributed by atoms with van der Waals surface area (Å²) in [6.07, 6.45) is 0. The Kier molecular flexibility index (Phi) is 4.17. The zero-order valence-corrected chi connectivity index (χ0v) is 11.7. The van der Waals surface area contributed by atoms with Crippen LogP contribution in [0.15, 0.2) is 18.2 Å². The lowest BCUT2D eigenvalue weighted by molar-refractivity contribution is -0.384. The fraction of sp³-hybridized carbons (Fsp3) is 0.571. The monoisotopic (exact) mass is 263 g/mol. The Bertz CT molecular complexity index is 476. The molecule has 19 heavy (non-hydrogen) atoms. The minimum absolute atomic E-state index is 0.169. The standard InChI is InChI=1S/C14H21N3O2/c1-10-6-14(17(18)19)5-4-13(10)9-16-8-11(2)15-7-12(16)3/h4-6,11-12,15H,7-9H2,1-3H3. The van der Waals surface area contributed by atoms with Gasteiger partial charge >= 0.3 is 0 Å². The predicted octanol–water partition coefficient (Wildman–Crippen LogP) is 2.09. The second-order valence-corrected chi connectivity index (χ2v) is 5.46. The van der Waals surface area contributed by atoms with Crippen LogP contribution in [-0.4, -0.2) is 35.0 Å². The number of nitro benzene ring substituents is 1. The van der Waals surface area contributed by atoms with Crippen LogP contribution in [0.2, 0.25) is 0 Å². The third-order valence-corrected chi connectivity index (χ3v) is 3.80. The first-order chi connectivity index (χ1) is 8.97. The molecule has 1 aliphatic rings. The molecule has 5 nitrogen and oxygen atoms in total. The zero-order chi connectivity index (χ0) is 14.0. The molecule has 2 atom stereocenters. The topological polar surface area (TPSA) is 58.4 Å². The van der Waals surface area contributed by atoms with E-state index in [1.54, 1.807) is 12.1 Å². The average Bonchev–Trinajstić information content (AvgIpc) is 2.36. The Hall–Kier alpha value is -1.46. The third-order valence-electron chi connectivity index (χ3n) is 3.80. The van der Waals surface area contributed by atoms with Crippen molar-refractivity contribution in [2.24, 2.45) is 0 Å². The maximum atomic E-state index is 10.7. The van der Waals surface area contributed by atoms with Gasteiger partial charge in [0.05, 0.1) is 4.92 Å². The molecular formula is C14H21N3O2. The molecule has 1 saturated heterocycles. The molecule has 1 aromatic rings. The molecule has 0 radical (unpaired) electrons. The molecular weight excluding hydrogens is 242 g/mol. The third kappa shape index (κ3) is 3.30. The summed E-state index contributed by atoms with van der Waals surface area (Å²) in [6, 6.07) is 6.12. The van der Waals surface area contributed by atoms with E-state index in [1.807, 2.05) is 13.0 Å². The Morgan fingerprint density at radius 1 is 1.47 bits per heavy atom. The van der Waals surface area contributed by atoms with Gasteiger partial charge < -0.3 is 5.32 Å². The number of hydrogen-bond acceptors (Lipinski definition) is 4. The fourth-order valence-electron chi connectivity index (χ4n) is 2.51. The van der Waals surface area contributed by atoms with Gasteiger partial charge in [0.15, 0.2) is 0 Å². The van der Waals surface area contributed by atoms with Crippen LogP contribution in [-0.2, 0) is 6.54 Å². The van der Waals surface area contributed by atoms with Crippen LogP contribution in [0.5, 0.6) is 0 Å². The van der Waals surface area contributed by atoms with Crippen molar-refractivity contribution in [3.8, 4) is 0 Å². The van der Waals surface area contributed by atoms with E-state index in [9.17, 15) is 10.1 Å². The summed E-state index contributed by atoms with van der Waals surface area (Å²) in [5.41, 5.74) is 2.34. The van der Waals surface area contributed by atoms with Crippen LogP contribution in [0.3, 0.4) is 0 Å². The van der Waals surface area contributed by atoms with Gasteiger partial charge in [-0.25, -0.2) is 0 Å². The van der Waals surface area contributed by atoms with Crippen molar-refractivity contribution in [1.29, 1.82) is 0 Å². The van der Waals surface area contributed by atoms with Gasteiger partial charge in [-0.05, 0) is 31.9 Å². The maximum absolute atomic E-state index is 10.7. The number of nitro groups is 1. The van der Waals surface area contributed by atoms with E-state index in [1.165, 1.54) is 5.56 Å². The van der Waals surface area contributed by atoms with Crippen LogP contribution in [0.25, 0.3) is 0 Å². The largest absolute Gasteiger partial charge is 0.311 e. The lowest BCUT2D eigenvalue weighted by atomic mass is 10.0. The Labute approximate surface area is 113 Å². The molecule has 104 valence electrons. The molecule has 0 spiro atoms. The van der Waals surface area contributed by atoms with Gasteiger partial charge in [-0.3, -0.25) is 15.0 Å². The van der Waals surface area contributed by atoms with E-state index in [4.69, 9.17) is 0 Å². The summed E-state index contributed by atoms with van der Waals surface area (Å²) in [5, 5.41) is 14.2. The molecule has 0 aliphatic carbocycles. The first-order valence-electron chi connectivity index (χ1n) is 6.68. The van der Waals surface area contributed by atoms with Gasteiger partial charge in [0.2, 0.25) is 0 Å². The maximum Gasteiger partial charge on any atom is 0.269 e. The van der Waals surface area contributed by atoms with Crippen molar-refractivity contribution in [1.82, 2.24) is 10.2 Å². The number of aryl methyl sites for hydroxylation is 1. The lowest BCUT2D eigenvalue weighted by Gasteiger charge is -2.37. The van der Waals surface area contributed by atoms with Crippen LogP contribution in [0.4, 0.5) is 5.69 Å². The predicted molar refractivity (Wildman–Crippen MR) is 75.2 cm³/mol. The summed E-state index contributed by atoms with van der Waals surface area (Å²) in [5.74, 6) is 0. The number of nitrogens with one attached hydrogen (secondary N) is 1. The lowest BCUT2D eigenvalue weighted by Crippen LogP contribution is -2.53. The fourth-order valence-corrected chi connectivity index (χ4v) is 2.51. The van der Waals surface area contributed by atoms with Crippen LogP contribution in [0, 0.1) is 17.0 Å². The minimum Gasteiger partial charge on any atom is -0.311 e. The van der Waals surface area contributed by atoms with Crippen LogP contribution in [0.1, 0.15) is 25.0 Å². The molecule has 0 saturated carbocycles. The number of nitrogens with zero attached hydrogens (tertiary/aromatic N) is 2. The van der Waals surface area contributed by atoms with E-state index < -0.39 is 0 Å². The van der Waals surface area contributed by atoms with Gasteiger partial charge in [0.1, 0.15) is 0 Å². The molecule has 0 bridgehead atoms. The molecule has 2 unspecified atom stereocenters.